The van der Waals surface area contributed by atoms with E-state index in [4.69, 9.17) is 19.4 Å². The van der Waals surface area contributed by atoms with E-state index >= 15 is 0 Å². The first-order chi connectivity index (χ1) is 24.2. The van der Waals surface area contributed by atoms with Crippen LogP contribution in [0.4, 0.5) is 0 Å². The summed E-state index contributed by atoms with van der Waals surface area (Å²) in [4.78, 5) is 14.8. The first kappa shape index (κ1) is 27.7. The molecule has 0 fully saturated rings. The molecule has 9 aromatic rings. The van der Waals surface area contributed by atoms with Crippen LogP contribution in [-0.4, -0.2) is 15.0 Å². The Morgan fingerprint density at radius 1 is 0.429 bits per heavy atom. The Balaban J connectivity index is 1.10. The van der Waals surface area contributed by atoms with E-state index in [9.17, 15) is 0 Å². The predicted molar refractivity (Wildman–Crippen MR) is 202 cm³/mol. The highest BCUT2D eigenvalue weighted by molar-refractivity contribution is 6.15. The second-order valence-electron chi connectivity index (χ2n) is 12.7. The molecule has 0 atom stereocenters. The van der Waals surface area contributed by atoms with Crippen LogP contribution < -0.4 is 0 Å². The fourth-order valence-corrected chi connectivity index (χ4v) is 7.25. The molecule has 0 saturated carbocycles. The van der Waals surface area contributed by atoms with Gasteiger partial charge in [0.05, 0.1) is 0 Å². The Labute approximate surface area is 282 Å². The first-order valence-corrected chi connectivity index (χ1v) is 16.8. The summed E-state index contributed by atoms with van der Waals surface area (Å²) in [5, 5.41) is 9.54. The molecule has 230 valence electrons. The van der Waals surface area contributed by atoms with Crippen molar-refractivity contribution in [2.24, 2.45) is 0 Å². The van der Waals surface area contributed by atoms with E-state index in [1.807, 2.05) is 30.3 Å². The molecule has 0 aliphatic heterocycles. The molecule has 0 radical (unpaired) electrons. The summed E-state index contributed by atoms with van der Waals surface area (Å²) in [7, 11) is 0. The van der Waals surface area contributed by atoms with Gasteiger partial charge < -0.3 is 4.42 Å². The van der Waals surface area contributed by atoms with Crippen molar-refractivity contribution in [3.05, 3.63) is 158 Å². The van der Waals surface area contributed by atoms with Crippen molar-refractivity contribution >= 4 is 59.8 Å². The Bertz CT molecular complexity index is 2830. The molecule has 4 nitrogen and oxygen atoms in total. The van der Waals surface area contributed by atoms with Gasteiger partial charge >= 0.3 is 0 Å². The van der Waals surface area contributed by atoms with Crippen molar-refractivity contribution in [2.75, 3.05) is 0 Å². The van der Waals surface area contributed by atoms with Gasteiger partial charge in [-0.2, -0.15) is 0 Å². The smallest absolute Gasteiger partial charge is 0.164 e. The lowest BCUT2D eigenvalue weighted by atomic mass is 9.92. The third-order valence-electron chi connectivity index (χ3n) is 9.69. The zero-order valence-corrected chi connectivity index (χ0v) is 26.6. The highest BCUT2D eigenvalue weighted by Crippen LogP contribution is 2.39. The van der Waals surface area contributed by atoms with Crippen LogP contribution in [-0.2, 0) is 0 Å². The highest BCUT2D eigenvalue weighted by Gasteiger charge is 2.16. The van der Waals surface area contributed by atoms with Gasteiger partial charge in [0, 0.05) is 27.5 Å². The van der Waals surface area contributed by atoms with Crippen molar-refractivity contribution in [2.45, 2.75) is 12.8 Å². The second kappa shape index (κ2) is 11.1. The molecular weight excluding hydrogens is 599 g/mol. The minimum Gasteiger partial charge on any atom is -0.456 e. The van der Waals surface area contributed by atoms with E-state index in [2.05, 4.69) is 121 Å². The summed E-state index contributed by atoms with van der Waals surface area (Å²) in [6.45, 7) is 0. The number of fused-ring (bicyclic) bond motifs is 7. The lowest BCUT2D eigenvalue weighted by Crippen LogP contribution is -2.03. The Morgan fingerprint density at radius 3 is 2.02 bits per heavy atom. The van der Waals surface area contributed by atoms with Crippen LogP contribution in [0.25, 0.3) is 93.7 Å². The third kappa shape index (κ3) is 4.72. The number of benzene rings is 7. The number of allylic oxidation sites excluding steroid dienone is 4. The predicted octanol–water partition coefficient (Wildman–Crippen LogP) is 12.0. The maximum absolute atomic E-state index is 6.51. The van der Waals surface area contributed by atoms with Crippen molar-refractivity contribution in [1.29, 1.82) is 0 Å². The van der Waals surface area contributed by atoms with E-state index in [1.165, 1.54) is 38.1 Å². The van der Waals surface area contributed by atoms with Gasteiger partial charge in [-0.3, -0.25) is 0 Å². The quantitative estimate of drug-likeness (QED) is 0.182. The third-order valence-corrected chi connectivity index (χ3v) is 9.69. The minimum atomic E-state index is 0.628. The molecule has 0 bridgehead atoms. The van der Waals surface area contributed by atoms with Gasteiger partial charge in [0.1, 0.15) is 11.2 Å². The monoisotopic (exact) mass is 627 g/mol. The summed E-state index contributed by atoms with van der Waals surface area (Å²) in [6, 6.07) is 47.2. The maximum atomic E-state index is 6.51. The van der Waals surface area contributed by atoms with Crippen LogP contribution in [0.5, 0.6) is 0 Å². The standard InChI is InChI=1S/C45H29N3O/c1-3-11-28(12-4-1)43-46-44(29-13-5-2-6-14-29)48-45(47-43)33-21-22-38-40-25-34-23-32(20-19-30(34)26-42(40)49-41(38)27-33)39-24-31-15-7-8-16-35(31)36-17-9-10-18-37(36)39/h1,3-5,7-27H,2,6H2. The molecule has 1 aliphatic carbocycles. The van der Waals surface area contributed by atoms with Crippen molar-refractivity contribution < 1.29 is 4.42 Å². The summed E-state index contributed by atoms with van der Waals surface area (Å²) < 4.78 is 6.51. The molecule has 49 heavy (non-hydrogen) atoms. The van der Waals surface area contributed by atoms with Crippen LogP contribution in [0.15, 0.2) is 156 Å². The van der Waals surface area contributed by atoms with Crippen molar-refractivity contribution in [3.63, 3.8) is 0 Å². The van der Waals surface area contributed by atoms with E-state index < -0.39 is 0 Å². The molecule has 0 unspecified atom stereocenters. The average Bonchev–Trinajstić information content (AvgIpc) is 3.53. The molecule has 0 N–H and O–H groups in total. The molecule has 1 aliphatic rings. The van der Waals surface area contributed by atoms with Gasteiger partial charge in [0.15, 0.2) is 17.5 Å². The molecule has 10 rings (SSSR count). The van der Waals surface area contributed by atoms with Gasteiger partial charge in [0.2, 0.25) is 0 Å². The summed E-state index contributed by atoms with van der Waals surface area (Å²) in [5.74, 6) is 1.97. The number of aromatic nitrogens is 3. The molecule has 0 saturated heterocycles. The van der Waals surface area contributed by atoms with Gasteiger partial charge in [0.25, 0.3) is 0 Å². The Kier molecular flexibility index (Phi) is 6.28. The number of rotatable bonds is 4. The zero-order chi connectivity index (χ0) is 32.3. The Morgan fingerprint density at radius 2 is 1.16 bits per heavy atom. The van der Waals surface area contributed by atoms with Crippen LogP contribution in [0, 0.1) is 0 Å². The van der Waals surface area contributed by atoms with Gasteiger partial charge in [-0.05, 0) is 92.7 Å². The number of hydrogen-bond acceptors (Lipinski definition) is 4. The highest BCUT2D eigenvalue weighted by atomic mass is 16.3. The number of nitrogens with zero attached hydrogens (tertiary/aromatic N) is 3. The normalized spacial score (nSPS) is 13.2. The lowest BCUT2D eigenvalue weighted by molar-refractivity contribution is 0.669. The fraction of sp³-hybridized carbons (Fsp3) is 0.0444. The minimum absolute atomic E-state index is 0.628. The summed E-state index contributed by atoms with van der Waals surface area (Å²) >= 11 is 0. The van der Waals surface area contributed by atoms with Crippen molar-refractivity contribution in [1.82, 2.24) is 15.0 Å². The average molecular weight is 628 g/mol. The number of furan rings is 1. The van der Waals surface area contributed by atoms with Crippen LogP contribution >= 0.6 is 0 Å². The summed E-state index contributed by atoms with van der Waals surface area (Å²) in [5.41, 5.74) is 6.99. The largest absolute Gasteiger partial charge is 0.456 e. The molecular formula is C45H29N3O. The molecule has 2 heterocycles. The first-order valence-electron chi connectivity index (χ1n) is 16.8. The van der Waals surface area contributed by atoms with Gasteiger partial charge in [-0.25, -0.2) is 15.0 Å². The van der Waals surface area contributed by atoms with E-state index in [-0.39, 0.29) is 0 Å². The Hall–Kier alpha value is -6.39. The van der Waals surface area contributed by atoms with Crippen LogP contribution in [0.2, 0.25) is 0 Å². The van der Waals surface area contributed by atoms with E-state index in [0.29, 0.717) is 17.5 Å². The topological polar surface area (TPSA) is 51.8 Å². The molecule has 4 heteroatoms. The van der Waals surface area contributed by atoms with Crippen LogP contribution in [0.1, 0.15) is 18.7 Å². The second-order valence-corrected chi connectivity index (χ2v) is 12.7. The molecule has 2 aromatic heterocycles. The van der Waals surface area contributed by atoms with Crippen LogP contribution in [0.3, 0.4) is 0 Å². The maximum Gasteiger partial charge on any atom is 0.164 e. The lowest BCUT2D eigenvalue weighted by Gasteiger charge is -2.12. The van der Waals surface area contributed by atoms with Gasteiger partial charge in [-0.15, -0.1) is 0 Å². The molecule has 0 amide bonds. The summed E-state index contributed by atoms with van der Waals surface area (Å²) in [6.07, 6.45) is 8.51. The molecule has 0 spiro atoms. The van der Waals surface area contributed by atoms with Gasteiger partial charge in [-0.1, -0.05) is 115 Å². The van der Waals surface area contributed by atoms with E-state index in [1.54, 1.807) is 0 Å². The van der Waals surface area contributed by atoms with Crippen molar-refractivity contribution in [3.8, 4) is 33.9 Å². The number of hydrogen-bond donors (Lipinski definition) is 0. The van der Waals surface area contributed by atoms with E-state index in [0.717, 1.165) is 56.9 Å². The SMILES string of the molecule is C1=CC(c2nc(-c3ccccc3)nc(-c3ccc4c(c3)oc3cc5ccc(-c6cc7ccccc7c7ccccc67)cc5cc34)n2)=CCC1. The fourth-order valence-electron chi connectivity index (χ4n) is 7.25. The zero-order valence-electron chi connectivity index (χ0n) is 26.6. The molecule has 7 aromatic carbocycles.